The van der Waals surface area contributed by atoms with E-state index in [1.807, 2.05) is 6.92 Å². The van der Waals surface area contributed by atoms with Crippen molar-refractivity contribution in [3.8, 4) is 0 Å². The molecule has 0 saturated heterocycles. The topological polar surface area (TPSA) is 24.9 Å². The van der Waals surface area contributed by atoms with E-state index >= 15 is 0 Å². The van der Waals surface area contributed by atoms with Crippen molar-refractivity contribution in [3.63, 3.8) is 0 Å². The van der Waals surface area contributed by atoms with Gasteiger partial charge in [-0.3, -0.25) is 0 Å². The van der Waals surface area contributed by atoms with E-state index < -0.39 is 11.7 Å². The van der Waals surface area contributed by atoms with Gasteiger partial charge < -0.3 is 5.32 Å². The average molecular weight is 292 g/mol. The Morgan fingerprint density at radius 1 is 1.37 bits per heavy atom. The summed E-state index contributed by atoms with van der Waals surface area (Å²) in [7, 11) is 0. The number of nitrogens with zero attached hydrogens (tertiary/aromatic N) is 1. The van der Waals surface area contributed by atoms with Crippen molar-refractivity contribution in [2.45, 2.75) is 43.1 Å². The van der Waals surface area contributed by atoms with Gasteiger partial charge in [0.05, 0.1) is 10.6 Å². The van der Waals surface area contributed by atoms with Crippen LogP contribution in [0.1, 0.15) is 32.3 Å². The maximum Gasteiger partial charge on any atom is 0.417 e. The highest BCUT2D eigenvalue weighted by Crippen LogP contribution is 2.30. The maximum atomic E-state index is 12.4. The van der Waals surface area contributed by atoms with Crippen molar-refractivity contribution in [3.05, 3.63) is 23.9 Å². The lowest BCUT2D eigenvalue weighted by Crippen LogP contribution is -2.23. The number of hydrogen-bond donors (Lipinski definition) is 1. The molecule has 0 aliphatic heterocycles. The summed E-state index contributed by atoms with van der Waals surface area (Å²) in [4.78, 5) is 3.84. The number of hydrogen-bond acceptors (Lipinski definition) is 3. The highest BCUT2D eigenvalue weighted by molar-refractivity contribution is 7.99. The molecule has 1 atom stereocenters. The number of unbranched alkanes of at least 4 members (excludes halogenated alkanes) is 1. The van der Waals surface area contributed by atoms with Crippen LogP contribution in [-0.4, -0.2) is 23.3 Å². The minimum absolute atomic E-state index is 0.279. The predicted octanol–water partition coefficient (Wildman–Crippen LogP) is 3.97. The molecule has 1 aromatic rings. The van der Waals surface area contributed by atoms with Crippen LogP contribution in [0, 0.1) is 0 Å². The van der Waals surface area contributed by atoms with E-state index in [0.29, 0.717) is 5.03 Å². The van der Waals surface area contributed by atoms with E-state index in [0.717, 1.165) is 38.2 Å². The molecule has 1 N–H and O–H groups in total. The molecule has 1 unspecified atom stereocenters. The smallest absolute Gasteiger partial charge is 0.316 e. The SMILES string of the molecule is CCCCNCC(C)Sc1ccc(C(F)(F)F)cn1. The Balaban J connectivity index is 2.40. The Bertz CT molecular complexity index is 365. The van der Waals surface area contributed by atoms with Gasteiger partial charge in [0.15, 0.2) is 0 Å². The van der Waals surface area contributed by atoms with Gasteiger partial charge in [-0.25, -0.2) is 4.98 Å². The lowest BCUT2D eigenvalue weighted by atomic mass is 10.3. The number of halogens is 3. The van der Waals surface area contributed by atoms with Crippen molar-refractivity contribution >= 4 is 11.8 Å². The van der Waals surface area contributed by atoms with Crippen LogP contribution in [0.25, 0.3) is 0 Å². The fourth-order valence-electron chi connectivity index (χ4n) is 1.47. The summed E-state index contributed by atoms with van der Waals surface area (Å²) < 4.78 is 37.1. The van der Waals surface area contributed by atoms with Gasteiger partial charge in [0, 0.05) is 18.0 Å². The summed E-state index contributed by atoms with van der Waals surface area (Å²) in [5.74, 6) is 0. The van der Waals surface area contributed by atoms with Gasteiger partial charge in [-0.1, -0.05) is 20.3 Å². The van der Waals surface area contributed by atoms with E-state index in [1.54, 1.807) is 0 Å². The Hall–Kier alpha value is -0.750. The maximum absolute atomic E-state index is 12.4. The van der Waals surface area contributed by atoms with E-state index in [2.05, 4.69) is 17.2 Å². The quantitative estimate of drug-likeness (QED) is 0.608. The normalized spacial score (nSPS) is 13.5. The third-order valence-corrected chi connectivity index (χ3v) is 3.58. The van der Waals surface area contributed by atoms with Crippen LogP contribution in [0.2, 0.25) is 0 Å². The van der Waals surface area contributed by atoms with Gasteiger partial charge >= 0.3 is 6.18 Å². The molecule has 1 rings (SSSR count). The lowest BCUT2D eigenvalue weighted by Gasteiger charge is -2.12. The molecular weight excluding hydrogens is 273 g/mol. The molecule has 0 bridgehead atoms. The molecule has 1 aromatic heterocycles. The fraction of sp³-hybridized carbons (Fsp3) is 0.615. The van der Waals surface area contributed by atoms with Gasteiger partial charge in [-0.05, 0) is 25.1 Å². The second-order valence-electron chi connectivity index (χ2n) is 4.37. The molecule has 6 heteroatoms. The number of rotatable bonds is 7. The van der Waals surface area contributed by atoms with Crippen molar-refractivity contribution in [2.75, 3.05) is 13.1 Å². The summed E-state index contributed by atoms with van der Waals surface area (Å²) in [6, 6.07) is 2.50. The summed E-state index contributed by atoms with van der Waals surface area (Å²) in [5, 5.41) is 4.22. The Morgan fingerprint density at radius 2 is 2.11 bits per heavy atom. The van der Waals surface area contributed by atoms with Crippen LogP contribution in [0.4, 0.5) is 13.2 Å². The van der Waals surface area contributed by atoms with Crippen molar-refractivity contribution in [2.24, 2.45) is 0 Å². The molecule has 2 nitrogen and oxygen atoms in total. The zero-order valence-electron chi connectivity index (χ0n) is 11.1. The standard InChI is InChI=1S/C13H19F3N2S/c1-3-4-7-17-8-10(2)19-12-6-5-11(9-18-12)13(14,15)16/h5-6,9-10,17H,3-4,7-8H2,1-2H3. The third kappa shape index (κ3) is 6.29. The first kappa shape index (κ1) is 16.3. The molecule has 0 aliphatic rings. The number of thioether (sulfide) groups is 1. The first-order chi connectivity index (χ1) is 8.93. The van der Waals surface area contributed by atoms with Crippen LogP contribution in [0.3, 0.4) is 0 Å². The van der Waals surface area contributed by atoms with Crippen LogP contribution >= 0.6 is 11.8 Å². The third-order valence-electron chi connectivity index (χ3n) is 2.52. The largest absolute Gasteiger partial charge is 0.417 e. The van der Waals surface area contributed by atoms with Crippen molar-refractivity contribution in [1.29, 1.82) is 0 Å². The van der Waals surface area contributed by atoms with Gasteiger partial charge in [-0.2, -0.15) is 13.2 Å². The first-order valence-electron chi connectivity index (χ1n) is 6.34. The van der Waals surface area contributed by atoms with Gasteiger partial charge in [0.25, 0.3) is 0 Å². The monoisotopic (exact) mass is 292 g/mol. The van der Waals surface area contributed by atoms with Gasteiger partial charge in [0.2, 0.25) is 0 Å². The molecule has 0 spiro atoms. The second kappa shape index (κ2) is 7.75. The number of aromatic nitrogens is 1. The molecule has 0 aromatic carbocycles. The first-order valence-corrected chi connectivity index (χ1v) is 7.22. The van der Waals surface area contributed by atoms with Gasteiger partial charge in [-0.15, -0.1) is 11.8 Å². The number of nitrogens with one attached hydrogen (secondary N) is 1. The molecule has 1 heterocycles. The van der Waals surface area contributed by atoms with Gasteiger partial charge in [0.1, 0.15) is 0 Å². The Morgan fingerprint density at radius 3 is 2.63 bits per heavy atom. The summed E-state index contributed by atoms with van der Waals surface area (Å²) in [5.41, 5.74) is -0.703. The van der Waals surface area contributed by atoms with E-state index in [9.17, 15) is 13.2 Å². The van der Waals surface area contributed by atoms with E-state index in [-0.39, 0.29) is 5.25 Å². The highest BCUT2D eigenvalue weighted by atomic mass is 32.2. The molecule has 0 amide bonds. The zero-order valence-corrected chi connectivity index (χ0v) is 11.9. The van der Waals surface area contributed by atoms with Crippen LogP contribution in [0.5, 0.6) is 0 Å². The minimum atomic E-state index is -4.32. The number of alkyl halides is 3. The number of pyridine rings is 1. The van der Waals surface area contributed by atoms with Crippen molar-refractivity contribution < 1.29 is 13.2 Å². The van der Waals surface area contributed by atoms with E-state index in [1.165, 1.54) is 17.8 Å². The van der Waals surface area contributed by atoms with Crippen LogP contribution in [0.15, 0.2) is 23.4 Å². The second-order valence-corrected chi connectivity index (χ2v) is 5.83. The molecule has 19 heavy (non-hydrogen) atoms. The molecule has 108 valence electrons. The molecule has 0 saturated carbocycles. The predicted molar refractivity (Wildman–Crippen MR) is 72.3 cm³/mol. The fourth-order valence-corrected chi connectivity index (χ4v) is 2.35. The average Bonchev–Trinajstić information content (AvgIpc) is 2.34. The molecule has 0 fully saturated rings. The zero-order chi connectivity index (χ0) is 14.3. The molecular formula is C13H19F3N2S. The molecule has 0 radical (unpaired) electrons. The summed E-state index contributed by atoms with van der Waals surface area (Å²) >= 11 is 1.48. The Labute approximate surface area is 116 Å². The summed E-state index contributed by atoms with van der Waals surface area (Å²) in [6.45, 7) is 5.96. The highest BCUT2D eigenvalue weighted by Gasteiger charge is 2.30. The van der Waals surface area contributed by atoms with Crippen molar-refractivity contribution in [1.82, 2.24) is 10.3 Å². The molecule has 0 aliphatic carbocycles. The summed E-state index contributed by atoms with van der Waals surface area (Å²) in [6.07, 6.45) is -1.14. The van der Waals surface area contributed by atoms with Crippen LogP contribution < -0.4 is 5.32 Å². The van der Waals surface area contributed by atoms with E-state index in [4.69, 9.17) is 0 Å². The lowest BCUT2D eigenvalue weighted by molar-refractivity contribution is -0.137. The Kier molecular flexibility index (Phi) is 6.65. The van der Waals surface area contributed by atoms with Crippen LogP contribution in [-0.2, 0) is 6.18 Å². The minimum Gasteiger partial charge on any atom is -0.316 e.